The van der Waals surface area contributed by atoms with E-state index in [4.69, 9.17) is 0 Å². The molecule has 0 unspecified atom stereocenters. The molecule has 0 heterocycles. The Bertz CT molecular complexity index is 411. The van der Waals surface area contributed by atoms with E-state index in [1.54, 1.807) is 0 Å². The maximum absolute atomic E-state index is 11.0. The number of hydrogen-bond donors (Lipinski definition) is 0. The Hall–Kier alpha value is -0.0300. The summed E-state index contributed by atoms with van der Waals surface area (Å²) in [5.41, 5.74) is 0. The van der Waals surface area contributed by atoms with E-state index in [0.29, 0.717) is 0 Å². The van der Waals surface area contributed by atoms with Gasteiger partial charge in [-0.25, -0.2) is 8.37 Å². The van der Waals surface area contributed by atoms with Gasteiger partial charge >= 0.3 is 8.25 Å². The summed E-state index contributed by atoms with van der Waals surface area (Å²) in [6.45, 7) is 1.18. The summed E-state index contributed by atoms with van der Waals surface area (Å²) in [5.74, 6) is -0.508. The summed E-state index contributed by atoms with van der Waals surface area (Å²) in [6.07, 6.45) is 0. The van der Waals surface area contributed by atoms with Crippen molar-refractivity contribution in [3.8, 4) is 0 Å². The Morgan fingerprint density at radius 1 is 0.833 bits per heavy atom. The van der Waals surface area contributed by atoms with Gasteiger partial charge in [-0.15, -0.1) is 0 Å². The summed E-state index contributed by atoms with van der Waals surface area (Å²) < 4.78 is 71.6. The molecular weight excluding hydrogens is 311 g/mol. The average molecular weight is 326 g/mol. The fourth-order valence-electron chi connectivity index (χ4n) is 0.499. The van der Waals surface area contributed by atoms with E-state index in [0.717, 1.165) is 0 Å². The Kier molecular flexibility index (Phi) is 8.19. The van der Waals surface area contributed by atoms with Gasteiger partial charge in [-0.3, -0.25) is 13.6 Å². The second kappa shape index (κ2) is 8.20. The van der Waals surface area contributed by atoms with Crippen LogP contribution in [0, 0.1) is 0 Å². The molecule has 0 aromatic heterocycles. The first-order valence-electron chi connectivity index (χ1n) is 4.76. The first-order chi connectivity index (χ1) is 8.22. The molecule has 12 heteroatoms. The van der Waals surface area contributed by atoms with E-state index in [9.17, 15) is 21.4 Å². The summed E-state index contributed by atoms with van der Waals surface area (Å²) in [5, 5.41) is 0. The minimum absolute atomic E-state index is 0.254. The van der Waals surface area contributed by atoms with Crippen molar-refractivity contribution in [2.45, 2.75) is 13.8 Å². The second-order valence-electron chi connectivity index (χ2n) is 2.70. The molecule has 0 bridgehead atoms. The van der Waals surface area contributed by atoms with Gasteiger partial charge in [-0.05, 0) is 13.8 Å². The SMILES string of the molecule is CCS(=O)(=O)OCO[PH](=O)OCOS(=O)(=O)CC. The van der Waals surface area contributed by atoms with Crippen molar-refractivity contribution in [3.05, 3.63) is 0 Å². The van der Waals surface area contributed by atoms with Crippen LogP contribution in [-0.2, 0) is 42.2 Å². The molecule has 0 aromatic carbocycles. The van der Waals surface area contributed by atoms with Gasteiger partial charge in [-0.2, -0.15) is 16.8 Å². The predicted octanol–water partition coefficient (Wildman–Crippen LogP) is 0.0569. The standard InChI is InChI=1S/C6H15O9PS2/c1-3-17(8,9)14-5-12-16(7)13-6-15-18(10,11)4-2/h16H,3-6H2,1-2H3. The van der Waals surface area contributed by atoms with Crippen molar-refractivity contribution >= 4 is 28.5 Å². The fraction of sp³-hybridized carbons (Fsp3) is 1.00. The zero-order valence-corrected chi connectivity index (χ0v) is 12.5. The van der Waals surface area contributed by atoms with Crippen LogP contribution in [0.4, 0.5) is 0 Å². The number of rotatable bonds is 10. The van der Waals surface area contributed by atoms with Crippen LogP contribution in [0.25, 0.3) is 0 Å². The monoisotopic (exact) mass is 326 g/mol. The first-order valence-corrected chi connectivity index (χ1v) is 9.14. The van der Waals surface area contributed by atoms with Gasteiger partial charge in [0.15, 0.2) is 13.6 Å². The molecule has 110 valence electrons. The Morgan fingerprint density at radius 3 is 1.44 bits per heavy atom. The maximum Gasteiger partial charge on any atom is 0.323 e. The fourth-order valence-corrected chi connectivity index (χ4v) is 1.79. The highest BCUT2D eigenvalue weighted by molar-refractivity contribution is 7.86. The minimum Gasteiger partial charge on any atom is -0.282 e. The lowest BCUT2D eigenvalue weighted by Gasteiger charge is -2.06. The Morgan fingerprint density at radius 2 is 1.17 bits per heavy atom. The first kappa shape index (κ1) is 18.0. The largest absolute Gasteiger partial charge is 0.323 e. The van der Waals surface area contributed by atoms with Gasteiger partial charge < -0.3 is 0 Å². The van der Waals surface area contributed by atoms with Gasteiger partial charge in [0.25, 0.3) is 20.2 Å². The van der Waals surface area contributed by atoms with Gasteiger partial charge in [0, 0.05) is 0 Å². The van der Waals surface area contributed by atoms with Crippen molar-refractivity contribution in [1.29, 1.82) is 0 Å². The summed E-state index contributed by atoms with van der Waals surface area (Å²) in [4.78, 5) is 0. The van der Waals surface area contributed by atoms with Crippen molar-refractivity contribution in [1.82, 2.24) is 0 Å². The van der Waals surface area contributed by atoms with Crippen LogP contribution in [0.3, 0.4) is 0 Å². The summed E-state index contributed by atoms with van der Waals surface area (Å²) in [6, 6.07) is 0. The second-order valence-corrected chi connectivity index (χ2v) is 7.64. The van der Waals surface area contributed by atoms with Gasteiger partial charge in [0.05, 0.1) is 11.5 Å². The van der Waals surface area contributed by atoms with E-state index in [1.165, 1.54) is 13.8 Å². The van der Waals surface area contributed by atoms with Crippen LogP contribution in [0.15, 0.2) is 0 Å². The third-order valence-electron chi connectivity index (χ3n) is 1.52. The van der Waals surface area contributed by atoms with Crippen molar-refractivity contribution < 1.29 is 38.8 Å². The molecule has 9 nitrogen and oxygen atoms in total. The Balaban J connectivity index is 3.81. The highest BCUT2D eigenvalue weighted by Crippen LogP contribution is 2.23. The van der Waals surface area contributed by atoms with E-state index in [2.05, 4.69) is 17.4 Å². The zero-order chi connectivity index (χ0) is 14.2. The van der Waals surface area contributed by atoms with Crippen molar-refractivity contribution in [3.63, 3.8) is 0 Å². The van der Waals surface area contributed by atoms with Crippen LogP contribution in [-0.4, -0.2) is 41.9 Å². The average Bonchev–Trinajstić information content (AvgIpc) is 2.28. The maximum atomic E-state index is 11.0. The molecule has 0 aliphatic rings. The summed E-state index contributed by atoms with van der Waals surface area (Å²) in [7, 11) is -10.5. The van der Waals surface area contributed by atoms with Gasteiger partial charge in [-0.1, -0.05) is 0 Å². The van der Waals surface area contributed by atoms with Gasteiger partial charge in [0.2, 0.25) is 0 Å². The lowest BCUT2D eigenvalue weighted by Crippen LogP contribution is -2.11. The van der Waals surface area contributed by atoms with Crippen molar-refractivity contribution in [2.24, 2.45) is 0 Å². The highest BCUT2D eigenvalue weighted by Gasteiger charge is 2.11. The molecule has 0 spiro atoms. The van der Waals surface area contributed by atoms with Crippen LogP contribution in [0.2, 0.25) is 0 Å². The third kappa shape index (κ3) is 8.97. The van der Waals surface area contributed by atoms with Crippen LogP contribution < -0.4 is 0 Å². The quantitative estimate of drug-likeness (QED) is 0.311. The molecule has 0 N–H and O–H groups in total. The molecule has 0 amide bonds. The molecule has 0 saturated carbocycles. The highest BCUT2D eigenvalue weighted by atomic mass is 32.2. The molecule has 0 radical (unpaired) electrons. The van der Waals surface area contributed by atoms with Crippen LogP contribution >= 0.6 is 8.25 Å². The van der Waals surface area contributed by atoms with E-state index < -0.39 is 42.1 Å². The summed E-state index contributed by atoms with van der Waals surface area (Å²) >= 11 is 0. The third-order valence-corrected chi connectivity index (χ3v) is 4.55. The van der Waals surface area contributed by atoms with Crippen molar-refractivity contribution in [2.75, 3.05) is 25.1 Å². The van der Waals surface area contributed by atoms with Crippen LogP contribution in [0.1, 0.15) is 13.8 Å². The molecular formula is C6H15O9PS2. The van der Waals surface area contributed by atoms with Crippen LogP contribution in [0.5, 0.6) is 0 Å². The topological polar surface area (TPSA) is 122 Å². The van der Waals surface area contributed by atoms with Gasteiger partial charge in [0.1, 0.15) is 0 Å². The smallest absolute Gasteiger partial charge is 0.282 e. The molecule has 0 saturated heterocycles. The molecule has 0 aliphatic carbocycles. The molecule has 0 aromatic rings. The predicted molar refractivity (Wildman–Crippen MR) is 62.0 cm³/mol. The lowest BCUT2D eigenvalue weighted by molar-refractivity contribution is 0.0756. The molecule has 18 heavy (non-hydrogen) atoms. The van der Waals surface area contributed by atoms with E-state index in [1.807, 2.05) is 0 Å². The molecule has 0 atom stereocenters. The molecule has 0 fully saturated rings. The molecule has 0 aliphatic heterocycles. The zero-order valence-electron chi connectivity index (χ0n) is 9.82. The van der Waals surface area contributed by atoms with E-state index >= 15 is 0 Å². The van der Waals surface area contributed by atoms with E-state index in [-0.39, 0.29) is 11.5 Å². The minimum atomic E-state index is -3.69. The normalized spacial score (nSPS) is 13.1. The number of hydrogen-bond acceptors (Lipinski definition) is 9. The molecule has 0 rings (SSSR count). The lowest BCUT2D eigenvalue weighted by atomic mass is 11.0. The Labute approximate surface area is 107 Å².